The van der Waals surface area contributed by atoms with Crippen molar-refractivity contribution in [3.05, 3.63) is 11.1 Å². The molecule has 0 radical (unpaired) electrons. The molecule has 0 amide bonds. The van der Waals surface area contributed by atoms with Crippen LogP contribution in [-0.4, -0.2) is 27.4 Å². The summed E-state index contributed by atoms with van der Waals surface area (Å²) in [5, 5.41) is 7.90. The van der Waals surface area contributed by atoms with Crippen molar-refractivity contribution in [2.75, 3.05) is 6.54 Å². The van der Waals surface area contributed by atoms with Gasteiger partial charge in [0.05, 0.1) is 0 Å². The number of aryl methyl sites for hydroxylation is 2. The Morgan fingerprint density at radius 2 is 2.40 bits per heavy atom. The molecule has 84 valence electrons. The van der Waals surface area contributed by atoms with Gasteiger partial charge in [0.15, 0.2) is 0 Å². The van der Waals surface area contributed by atoms with E-state index in [4.69, 9.17) is 11.6 Å². The lowest BCUT2D eigenvalue weighted by atomic mass is 10.0. The van der Waals surface area contributed by atoms with Crippen molar-refractivity contribution in [3.8, 4) is 0 Å². The van der Waals surface area contributed by atoms with Crippen molar-refractivity contribution in [1.29, 1.82) is 0 Å². The number of nitrogens with zero attached hydrogens (tertiary/aromatic N) is 3. The molecule has 5 heteroatoms. The fraction of sp³-hybridized carbons (Fsp3) is 0.800. The Kier molecular flexibility index (Phi) is 3.59. The van der Waals surface area contributed by atoms with E-state index in [-0.39, 0.29) is 0 Å². The van der Waals surface area contributed by atoms with Crippen molar-refractivity contribution in [3.63, 3.8) is 0 Å². The van der Waals surface area contributed by atoms with E-state index in [1.807, 2.05) is 7.05 Å². The highest BCUT2D eigenvalue weighted by molar-refractivity contribution is 6.28. The van der Waals surface area contributed by atoms with Gasteiger partial charge in [0.25, 0.3) is 0 Å². The van der Waals surface area contributed by atoms with E-state index in [9.17, 15) is 0 Å². The molecule has 0 aromatic carbocycles. The van der Waals surface area contributed by atoms with Crippen molar-refractivity contribution in [1.82, 2.24) is 20.1 Å². The van der Waals surface area contributed by atoms with Gasteiger partial charge < -0.3 is 5.32 Å². The molecule has 1 N–H and O–H groups in total. The number of rotatable bonds is 3. The van der Waals surface area contributed by atoms with Crippen LogP contribution in [-0.2, 0) is 13.5 Å². The molecule has 1 aliphatic rings. The van der Waals surface area contributed by atoms with E-state index >= 15 is 0 Å². The van der Waals surface area contributed by atoms with Gasteiger partial charge in [0.1, 0.15) is 5.82 Å². The van der Waals surface area contributed by atoms with Gasteiger partial charge in [-0.05, 0) is 37.4 Å². The molecule has 2 rings (SSSR count). The van der Waals surface area contributed by atoms with E-state index in [0.717, 1.165) is 25.2 Å². The van der Waals surface area contributed by atoms with Crippen LogP contribution in [0.25, 0.3) is 0 Å². The summed E-state index contributed by atoms with van der Waals surface area (Å²) in [6.07, 6.45) is 6.02. The van der Waals surface area contributed by atoms with E-state index in [2.05, 4.69) is 15.4 Å². The quantitative estimate of drug-likeness (QED) is 0.854. The lowest BCUT2D eigenvalue weighted by Gasteiger charge is -2.22. The molecule has 0 bridgehead atoms. The van der Waals surface area contributed by atoms with E-state index in [1.165, 1.54) is 19.3 Å². The molecule has 0 saturated carbocycles. The molecular weight excluding hydrogens is 212 g/mol. The third-order valence-corrected chi connectivity index (χ3v) is 3.12. The number of nitrogens with one attached hydrogen (secondary N) is 1. The number of hydrogen-bond donors (Lipinski definition) is 1. The molecule has 1 aromatic rings. The normalized spacial score (nSPS) is 21.9. The van der Waals surface area contributed by atoms with E-state index < -0.39 is 0 Å². The van der Waals surface area contributed by atoms with Crippen molar-refractivity contribution in [2.24, 2.45) is 7.05 Å². The molecule has 1 saturated heterocycles. The molecule has 1 unspecified atom stereocenters. The summed E-state index contributed by atoms with van der Waals surface area (Å²) < 4.78 is 1.77. The topological polar surface area (TPSA) is 42.7 Å². The van der Waals surface area contributed by atoms with Crippen LogP contribution in [0.15, 0.2) is 0 Å². The Morgan fingerprint density at radius 3 is 3.00 bits per heavy atom. The Bertz CT molecular complexity index is 317. The standard InChI is InChI=1S/C10H17ClN4/c1-15-9(13-10(11)14-15)6-5-8-4-2-3-7-12-8/h8,12H,2-7H2,1H3. The second-order valence-corrected chi connectivity index (χ2v) is 4.44. The maximum Gasteiger partial charge on any atom is 0.242 e. The summed E-state index contributed by atoms with van der Waals surface area (Å²) in [6, 6.07) is 0.647. The maximum absolute atomic E-state index is 5.73. The predicted molar refractivity (Wildman–Crippen MR) is 60.0 cm³/mol. The van der Waals surface area contributed by atoms with E-state index in [0.29, 0.717) is 11.3 Å². The number of aromatic nitrogens is 3. The van der Waals surface area contributed by atoms with Crippen LogP contribution in [0.1, 0.15) is 31.5 Å². The highest BCUT2D eigenvalue weighted by atomic mass is 35.5. The summed E-state index contributed by atoms with van der Waals surface area (Å²) in [4.78, 5) is 4.18. The number of hydrogen-bond acceptors (Lipinski definition) is 3. The predicted octanol–water partition coefficient (Wildman–Crippen LogP) is 1.54. The van der Waals surface area contributed by atoms with Crippen LogP contribution in [0.4, 0.5) is 0 Å². The monoisotopic (exact) mass is 228 g/mol. The smallest absolute Gasteiger partial charge is 0.242 e. The van der Waals surface area contributed by atoms with Gasteiger partial charge in [-0.2, -0.15) is 0 Å². The molecule has 1 aromatic heterocycles. The van der Waals surface area contributed by atoms with Gasteiger partial charge in [-0.3, -0.25) is 4.68 Å². The van der Waals surface area contributed by atoms with Gasteiger partial charge >= 0.3 is 0 Å². The molecule has 1 atom stereocenters. The molecule has 4 nitrogen and oxygen atoms in total. The van der Waals surface area contributed by atoms with Gasteiger partial charge in [-0.15, -0.1) is 5.10 Å². The van der Waals surface area contributed by atoms with Gasteiger partial charge in [-0.1, -0.05) is 6.42 Å². The molecule has 0 aliphatic carbocycles. The van der Waals surface area contributed by atoms with Crippen molar-refractivity contribution >= 4 is 11.6 Å². The fourth-order valence-corrected chi connectivity index (χ4v) is 2.29. The first-order valence-corrected chi connectivity index (χ1v) is 5.92. The highest BCUT2D eigenvalue weighted by Crippen LogP contribution is 2.13. The van der Waals surface area contributed by atoms with Crippen molar-refractivity contribution in [2.45, 2.75) is 38.1 Å². The average Bonchev–Trinajstić information content (AvgIpc) is 2.56. The third kappa shape index (κ3) is 2.92. The minimum Gasteiger partial charge on any atom is -0.314 e. The maximum atomic E-state index is 5.73. The second-order valence-electron chi connectivity index (χ2n) is 4.11. The Morgan fingerprint density at radius 1 is 1.53 bits per heavy atom. The number of halogens is 1. The fourth-order valence-electron chi connectivity index (χ4n) is 2.07. The van der Waals surface area contributed by atoms with Crippen LogP contribution in [0, 0.1) is 0 Å². The van der Waals surface area contributed by atoms with Crippen LogP contribution in [0.2, 0.25) is 5.28 Å². The van der Waals surface area contributed by atoms with Crippen LogP contribution >= 0.6 is 11.6 Å². The summed E-state index contributed by atoms with van der Waals surface area (Å²) in [5.41, 5.74) is 0. The van der Waals surface area contributed by atoms with Gasteiger partial charge in [0.2, 0.25) is 5.28 Å². The molecule has 1 aliphatic heterocycles. The lowest BCUT2D eigenvalue weighted by Crippen LogP contribution is -2.34. The summed E-state index contributed by atoms with van der Waals surface area (Å²) in [7, 11) is 1.89. The van der Waals surface area contributed by atoms with E-state index in [1.54, 1.807) is 4.68 Å². The van der Waals surface area contributed by atoms with Gasteiger partial charge in [0, 0.05) is 19.5 Å². The average molecular weight is 229 g/mol. The summed E-state index contributed by atoms with van der Waals surface area (Å²) in [6.45, 7) is 1.16. The van der Waals surface area contributed by atoms with Crippen molar-refractivity contribution < 1.29 is 0 Å². The SMILES string of the molecule is Cn1nc(Cl)nc1CCC1CCCCN1. The highest BCUT2D eigenvalue weighted by Gasteiger charge is 2.14. The Balaban J connectivity index is 1.84. The largest absolute Gasteiger partial charge is 0.314 e. The lowest BCUT2D eigenvalue weighted by molar-refractivity contribution is 0.379. The zero-order valence-corrected chi connectivity index (χ0v) is 9.80. The van der Waals surface area contributed by atoms with Crippen LogP contribution in [0.3, 0.4) is 0 Å². The molecular formula is C10H17ClN4. The molecule has 2 heterocycles. The number of piperidine rings is 1. The first-order valence-electron chi connectivity index (χ1n) is 5.54. The van der Waals surface area contributed by atoms with Crippen LogP contribution < -0.4 is 5.32 Å². The Labute approximate surface area is 95.0 Å². The second kappa shape index (κ2) is 4.94. The zero-order chi connectivity index (χ0) is 10.7. The first kappa shape index (κ1) is 10.9. The van der Waals surface area contributed by atoms with Crippen LogP contribution in [0.5, 0.6) is 0 Å². The minimum absolute atomic E-state index is 0.351. The first-order chi connectivity index (χ1) is 7.25. The zero-order valence-electron chi connectivity index (χ0n) is 9.04. The Hall–Kier alpha value is -0.610. The molecule has 15 heavy (non-hydrogen) atoms. The summed E-state index contributed by atoms with van der Waals surface area (Å²) >= 11 is 5.73. The summed E-state index contributed by atoms with van der Waals surface area (Å²) in [5.74, 6) is 0.979. The molecule has 1 fully saturated rings. The minimum atomic E-state index is 0.351. The van der Waals surface area contributed by atoms with Gasteiger partial charge in [-0.25, -0.2) is 4.98 Å². The third-order valence-electron chi connectivity index (χ3n) is 2.96. The molecule has 0 spiro atoms.